The normalized spacial score (nSPS) is 0. The van der Waals surface area contributed by atoms with Crippen LogP contribution in [-0.4, -0.2) is 60.8 Å². The van der Waals surface area contributed by atoms with E-state index < -0.39 is 0 Å². The summed E-state index contributed by atoms with van der Waals surface area (Å²) in [5.41, 5.74) is 0. The summed E-state index contributed by atoms with van der Waals surface area (Å²) in [5.74, 6) is 0. The minimum atomic E-state index is 0. The first-order valence-corrected chi connectivity index (χ1v) is 0. The van der Waals surface area contributed by atoms with Crippen LogP contribution in [0.3, 0.4) is 0 Å². The van der Waals surface area contributed by atoms with E-state index in [9.17, 15) is 0 Å². The molecule has 0 nitrogen and oxygen atoms in total. The monoisotopic (exact) mass is 128 g/mol. The molecule has 0 saturated heterocycles. The first-order chi connectivity index (χ1) is 0. The molecule has 0 spiro atoms. The van der Waals surface area contributed by atoms with Gasteiger partial charge in [0, 0.05) is 0 Å². The Hall–Kier alpha value is 3.32. The van der Waals surface area contributed by atoms with Crippen LogP contribution in [0, 0.1) is 0 Å². The molecular weight excluding hydrogens is 123 g/mol. The SMILES string of the molecule is Cl.[Ca+2].[H-].[H-].[H-].[H-].[H-].[Mg+2].[Na+]. The summed E-state index contributed by atoms with van der Waals surface area (Å²) in [6.45, 7) is 0. The van der Waals surface area contributed by atoms with Gasteiger partial charge in [0.25, 0.3) is 0 Å². The maximum Gasteiger partial charge on any atom is 2.00 e. The van der Waals surface area contributed by atoms with E-state index in [1.54, 1.807) is 0 Å². The van der Waals surface area contributed by atoms with Crippen molar-refractivity contribution in [3.8, 4) is 0 Å². The summed E-state index contributed by atoms with van der Waals surface area (Å²) in [6, 6.07) is 0. The third-order valence-electron chi connectivity index (χ3n) is 0. The summed E-state index contributed by atoms with van der Waals surface area (Å²) in [4.78, 5) is 0. The number of hydrogen-bond donors (Lipinski definition) is 0. The Morgan fingerprint density at radius 1 is 1.25 bits per heavy atom. The van der Waals surface area contributed by atoms with Crippen molar-refractivity contribution in [2.45, 2.75) is 0 Å². The van der Waals surface area contributed by atoms with Gasteiger partial charge in [-0.1, -0.05) is 0 Å². The fraction of sp³-hybridized carbons (Fsp3) is 0. The van der Waals surface area contributed by atoms with Crippen LogP contribution in [-0.2, 0) is 0 Å². The van der Waals surface area contributed by atoms with Crippen molar-refractivity contribution in [1.82, 2.24) is 0 Å². The first-order valence-electron chi connectivity index (χ1n) is 0. The van der Waals surface area contributed by atoms with Crippen LogP contribution in [0.5, 0.6) is 0 Å². The average molecular weight is 129 g/mol. The Bertz CT molecular complexity index is 16.9. The Morgan fingerprint density at radius 3 is 1.25 bits per heavy atom. The molecule has 0 unspecified atom stereocenters. The first kappa shape index (κ1) is 26.5. The molecule has 0 aromatic heterocycles. The Balaban J connectivity index is 0. The van der Waals surface area contributed by atoms with E-state index in [4.69, 9.17) is 0 Å². The minimum Gasteiger partial charge on any atom is -1.00 e. The van der Waals surface area contributed by atoms with Gasteiger partial charge < -0.3 is 7.13 Å². The van der Waals surface area contributed by atoms with Crippen LogP contribution in [0.2, 0.25) is 0 Å². The molecule has 0 aromatic carbocycles. The van der Waals surface area contributed by atoms with Crippen molar-refractivity contribution in [2.24, 2.45) is 0 Å². The average Bonchev–Trinajstić information content (AvgIpc) is 0. The van der Waals surface area contributed by atoms with Crippen LogP contribution in [0.1, 0.15) is 7.13 Å². The Labute approximate surface area is 108 Å². The van der Waals surface area contributed by atoms with E-state index in [-0.39, 0.29) is 110 Å². The Morgan fingerprint density at radius 2 is 1.25 bits per heavy atom. The third kappa shape index (κ3) is 9.01. The van der Waals surface area contributed by atoms with Gasteiger partial charge in [0.2, 0.25) is 0 Å². The standard InChI is InChI=1S/Ca.ClH.Mg.Na.5H/h;1H;;;;;;;/q+2;;+2;+1;5*-1. The van der Waals surface area contributed by atoms with Crippen LogP contribution in [0.4, 0.5) is 0 Å². The molecule has 0 N–H and O–H groups in total. The summed E-state index contributed by atoms with van der Waals surface area (Å²) in [6.07, 6.45) is 0. The van der Waals surface area contributed by atoms with Gasteiger partial charge in [-0.15, -0.1) is 12.4 Å². The van der Waals surface area contributed by atoms with Crippen LogP contribution >= 0.6 is 12.4 Å². The van der Waals surface area contributed by atoms with Crippen molar-refractivity contribution >= 4 is 73.2 Å². The van der Waals surface area contributed by atoms with Crippen molar-refractivity contribution in [3.05, 3.63) is 0 Å². The molecule has 0 amide bonds. The van der Waals surface area contributed by atoms with Gasteiger partial charge in [-0.2, -0.15) is 0 Å². The van der Waals surface area contributed by atoms with Gasteiger partial charge in [-0.3, -0.25) is 0 Å². The van der Waals surface area contributed by atoms with Gasteiger partial charge in [0.1, 0.15) is 0 Å². The second-order valence-corrected chi connectivity index (χ2v) is 0. The topological polar surface area (TPSA) is 0 Å². The van der Waals surface area contributed by atoms with Crippen LogP contribution in [0.15, 0.2) is 0 Å². The largest absolute Gasteiger partial charge is 2.00 e. The van der Waals surface area contributed by atoms with E-state index in [2.05, 4.69) is 0 Å². The fourth-order valence-electron chi connectivity index (χ4n) is 0. The van der Waals surface area contributed by atoms with Gasteiger partial charge in [-0.05, 0) is 0 Å². The molecule has 18 valence electrons. The number of halogens is 1. The van der Waals surface area contributed by atoms with Crippen LogP contribution < -0.4 is 29.6 Å². The fourth-order valence-corrected chi connectivity index (χ4v) is 0. The molecule has 0 saturated carbocycles. The van der Waals surface area contributed by atoms with E-state index in [1.807, 2.05) is 0 Å². The molecule has 0 rings (SSSR count). The van der Waals surface area contributed by atoms with Gasteiger partial charge in [-0.25, -0.2) is 0 Å². The zero-order valence-electron chi connectivity index (χ0n) is 7.82. The molecule has 0 aliphatic heterocycles. The molecule has 0 atom stereocenters. The molecule has 0 aliphatic carbocycles. The maximum atomic E-state index is 0. The second-order valence-electron chi connectivity index (χ2n) is 0. The van der Waals surface area contributed by atoms with Gasteiger partial charge >= 0.3 is 90.3 Å². The van der Waals surface area contributed by atoms with E-state index in [0.717, 1.165) is 0 Å². The predicted octanol–water partition coefficient (Wildman–Crippen LogP) is -2.77. The molecule has 0 fully saturated rings. The van der Waals surface area contributed by atoms with Crippen molar-refractivity contribution in [2.75, 3.05) is 0 Å². The van der Waals surface area contributed by atoms with Gasteiger partial charge in [0.15, 0.2) is 0 Å². The van der Waals surface area contributed by atoms with E-state index in [1.165, 1.54) is 0 Å². The third-order valence-corrected chi connectivity index (χ3v) is 0. The molecule has 0 aliphatic rings. The molecule has 4 heavy (non-hydrogen) atoms. The quantitative estimate of drug-likeness (QED) is 0.310. The summed E-state index contributed by atoms with van der Waals surface area (Å²) >= 11 is 0. The summed E-state index contributed by atoms with van der Waals surface area (Å²) < 4.78 is 0. The molecule has 0 radical (unpaired) electrons. The van der Waals surface area contributed by atoms with Gasteiger partial charge in [0.05, 0.1) is 0 Å². The van der Waals surface area contributed by atoms with Crippen molar-refractivity contribution in [1.29, 1.82) is 0 Å². The van der Waals surface area contributed by atoms with E-state index >= 15 is 0 Å². The Kier molecular flexibility index (Phi) is 108. The number of hydrogen-bond acceptors (Lipinski definition) is 0. The number of rotatable bonds is 0. The second kappa shape index (κ2) is 16.2. The molecule has 0 heterocycles. The van der Waals surface area contributed by atoms with Crippen molar-refractivity contribution < 1.29 is 36.7 Å². The molecular formula is H6CaClMgNa. The van der Waals surface area contributed by atoms with E-state index in [0.29, 0.717) is 0 Å². The summed E-state index contributed by atoms with van der Waals surface area (Å²) in [5, 5.41) is 0. The van der Waals surface area contributed by atoms with Crippen molar-refractivity contribution in [3.63, 3.8) is 0 Å². The minimum absolute atomic E-state index is 0. The maximum absolute atomic E-state index is 0. The molecule has 4 heteroatoms. The molecule has 0 aromatic rings. The predicted molar refractivity (Wildman–Crippen MR) is 24.3 cm³/mol. The zero-order valence-corrected chi connectivity index (χ0v) is 9.26. The molecule has 0 bridgehead atoms. The smallest absolute Gasteiger partial charge is 1.00 e. The summed E-state index contributed by atoms with van der Waals surface area (Å²) in [7, 11) is 0. The van der Waals surface area contributed by atoms with Crippen LogP contribution in [0.25, 0.3) is 0 Å². The zero-order chi connectivity index (χ0) is 0.